The number of imide groups is 1. The number of carbonyl (C=O) groups excluding carboxylic acids is 3. The van der Waals surface area contributed by atoms with Crippen LogP contribution in [0.25, 0.3) is 0 Å². The lowest BCUT2D eigenvalue weighted by molar-refractivity contribution is -0.134. The third-order valence-corrected chi connectivity index (χ3v) is 6.25. The molecule has 31 heavy (non-hydrogen) atoms. The summed E-state index contributed by atoms with van der Waals surface area (Å²) >= 11 is 0. The summed E-state index contributed by atoms with van der Waals surface area (Å²) in [5.41, 5.74) is 2.53. The Labute approximate surface area is 180 Å². The first-order valence-corrected chi connectivity index (χ1v) is 10.5. The Morgan fingerprint density at radius 3 is 2.58 bits per heavy atom. The molecular formula is C23H24N4O4. The van der Waals surface area contributed by atoms with Crippen LogP contribution in [0.1, 0.15) is 17.5 Å². The number of nitrogens with one attached hydrogen (secondary N) is 2. The largest absolute Gasteiger partial charge is 0.378 e. The van der Waals surface area contributed by atoms with E-state index < -0.39 is 17.5 Å². The molecule has 0 aromatic heterocycles. The summed E-state index contributed by atoms with van der Waals surface area (Å²) in [7, 11) is 0. The number of morpholine rings is 1. The van der Waals surface area contributed by atoms with Gasteiger partial charge in [-0.05, 0) is 48.2 Å². The Bertz CT molecular complexity index is 1030. The van der Waals surface area contributed by atoms with Gasteiger partial charge in [0.15, 0.2) is 0 Å². The molecule has 2 heterocycles. The van der Waals surface area contributed by atoms with Gasteiger partial charge < -0.3 is 20.3 Å². The molecule has 1 spiro atoms. The topological polar surface area (TPSA) is 91.0 Å². The summed E-state index contributed by atoms with van der Waals surface area (Å²) in [5.74, 6) is -0.772. The first-order chi connectivity index (χ1) is 15.1. The van der Waals surface area contributed by atoms with E-state index >= 15 is 0 Å². The lowest BCUT2D eigenvalue weighted by atomic mass is 9.92. The summed E-state index contributed by atoms with van der Waals surface area (Å²) in [5, 5.41) is 5.62. The van der Waals surface area contributed by atoms with Gasteiger partial charge in [-0.15, -0.1) is 0 Å². The van der Waals surface area contributed by atoms with E-state index in [0.717, 1.165) is 41.2 Å². The standard InChI is InChI=1S/C23H24N4O4/c28-20(24-17-5-7-18(8-6-17)26-11-13-31-14-12-26)15-27-21(29)23(25-22(27)30)10-9-16-3-1-2-4-19(16)23/h1-8H,9-15H2,(H,24,28)(H,25,30)/t23-/m0/s1. The van der Waals surface area contributed by atoms with Crippen LogP contribution in [-0.4, -0.2) is 55.6 Å². The predicted octanol–water partition coefficient (Wildman–Crippen LogP) is 1.86. The average molecular weight is 420 g/mol. The second-order valence-electron chi connectivity index (χ2n) is 8.08. The monoisotopic (exact) mass is 420 g/mol. The van der Waals surface area contributed by atoms with Crippen LogP contribution in [0.4, 0.5) is 16.2 Å². The Hall–Kier alpha value is -3.39. The summed E-state index contributed by atoms with van der Waals surface area (Å²) in [6.07, 6.45) is 1.23. The van der Waals surface area contributed by atoms with Crippen LogP contribution in [-0.2, 0) is 26.3 Å². The van der Waals surface area contributed by atoms with Crippen molar-refractivity contribution in [3.63, 3.8) is 0 Å². The molecule has 3 aliphatic rings. The zero-order valence-electron chi connectivity index (χ0n) is 17.1. The predicted molar refractivity (Wildman–Crippen MR) is 115 cm³/mol. The van der Waals surface area contributed by atoms with Crippen LogP contribution in [0, 0.1) is 0 Å². The Balaban J connectivity index is 1.25. The van der Waals surface area contributed by atoms with Gasteiger partial charge in [0.25, 0.3) is 5.91 Å². The Morgan fingerprint density at radius 2 is 1.81 bits per heavy atom. The SMILES string of the molecule is O=C(CN1C(=O)N[C@]2(CCc3ccccc32)C1=O)Nc1ccc(N2CCOCC2)cc1. The highest BCUT2D eigenvalue weighted by Crippen LogP contribution is 2.41. The van der Waals surface area contributed by atoms with E-state index in [0.29, 0.717) is 25.3 Å². The number of ether oxygens (including phenoxy) is 1. The number of nitrogens with zero attached hydrogens (tertiary/aromatic N) is 2. The van der Waals surface area contributed by atoms with Gasteiger partial charge >= 0.3 is 6.03 Å². The second kappa shape index (κ2) is 7.70. The maximum absolute atomic E-state index is 13.2. The van der Waals surface area contributed by atoms with E-state index in [2.05, 4.69) is 15.5 Å². The molecule has 8 nitrogen and oxygen atoms in total. The quantitative estimate of drug-likeness (QED) is 0.737. The normalized spacial score (nSPS) is 22.6. The van der Waals surface area contributed by atoms with Crippen molar-refractivity contribution in [1.82, 2.24) is 10.2 Å². The number of carbonyl (C=O) groups is 3. The maximum atomic E-state index is 13.2. The number of hydrogen-bond acceptors (Lipinski definition) is 5. The smallest absolute Gasteiger partial charge is 0.325 e. The van der Waals surface area contributed by atoms with E-state index in [1.54, 1.807) is 0 Å². The van der Waals surface area contributed by atoms with E-state index in [1.165, 1.54) is 0 Å². The number of anilines is 2. The number of fused-ring (bicyclic) bond motifs is 2. The lowest BCUT2D eigenvalue weighted by Gasteiger charge is -2.28. The molecule has 0 saturated carbocycles. The summed E-state index contributed by atoms with van der Waals surface area (Å²) < 4.78 is 5.37. The van der Waals surface area contributed by atoms with Crippen LogP contribution in [0.5, 0.6) is 0 Å². The highest BCUT2D eigenvalue weighted by molar-refractivity contribution is 6.10. The molecule has 2 aromatic carbocycles. The molecule has 2 saturated heterocycles. The molecule has 0 unspecified atom stereocenters. The van der Waals surface area contributed by atoms with Crippen LogP contribution in [0.15, 0.2) is 48.5 Å². The van der Waals surface area contributed by atoms with Crippen molar-refractivity contribution in [2.45, 2.75) is 18.4 Å². The van der Waals surface area contributed by atoms with Gasteiger partial charge in [0.1, 0.15) is 12.1 Å². The number of aryl methyl sites for hydroxylation is 1. The summed E-state index contributed by atoms with van der Waals surface area (Å²) in [4.78, 5) is 41.5. The first-order valence-electron chi connectivity index (χ1n) is 10.5. The molecule has 2 N–H and O–H groups in total. The number of urea groups is 1. The second-order valence-corrected chi connectivity index (χ2v) is 8.08. The van der Waals surface area contributed by atoms with Gasteiger partial charge in [0.2, 0.25) is 5.91 Å². The molecule has 4 amide bonds. The van der Waals surface area contributed by atoms with Gasteiger partial charge in [-0.2, -0.15) is 0 Å². The van der Waals surface area contributed by atoms with E-state index in [-0.39, 0.29) is 12.5 Å². The van der Waals surface area contributed by atoms with Crippen molar-refractivity contribution < 1.29 is 19.1 Å². The molecule has 1 atom stereocenters. The first kappa shape index (κ1) is 19.6. The van der Waals surface area contributed by atoms with E-state index in [4.69, 9.17) is 4.74 Å². The average Bonchev–Trinajstić information content (AvgIpc) is 3.28. The highest BCUT2D eigenvalue weighted by Gasteiger charge is 2.55. The fourth-order valence-electron chi connectivity index (χ4n) is 4.65. The van der Waals surface area contributed by atoms with Crippen molar-refractivity contribution in [2.75, 3.05) is 43.1 Å². The summed E-state index contributed by atoms with van der Waals surface area (Å²) in [6, 6.07) is 14.6. The minimum atomic E-state index is -1.05. The van der Waals surface area contributed by atoms with Crippen LogP contribution < -0.4 is 15.5 Å². The molecule has 2 aliphatic heterocycles. The molecule has 5 rings (SSSR count). The molecule has 8 heteroatoms. The van der Waals surface area contributed by atoms with Crippen molar-refractivity contribution in [2.24, 2.45) is 0 Å². The van der Waals surface area contributed by atoms with Crippen molar-refractivity contribution in [3.8, 4) is 0 Å². The van der Waals surface area contributed by atoms with Gasteiger partial charge in [-0.1, -0.05) is 24.3 Å². The van der Waals surface area contributed by atoms with Crippen molar-refractivity contribution in [3.05, 3.63) is 59.7 Å². The third-order valence-electron chi connectivity index (χ3n) is 6.25. The van der Waals surface area contributed by atoms with Gasteiger partial charge in [0, 0.05) is 24.5 Å². The molecular weight excluding hydrogens is 396 g/mol. The molecule has 0 radical (unpaired) electrons. The lowest BCUT2D eigenvalue weighted by Crippen LogP contribution is -2.43. The number of rotatable bonds is 4. The zero-order valence-corrected chi connectivity index (χ0v) is 17.1. The van der Waals surface area contributed by atoms with Crippen molar-refractivity contribution in [1.29, 1.82) is 0 Å². The minimum absolute atomic E-state index is 0.320. The number of benzene rings is 2. The van der Waals surface area contributed by atoms with Crippen LogP contribution in [0.3, 0.4) is 0 Å². The number of hydrogen-bond donors (Lipinski definition) is 2. The molecule has 1 aliphatic carbocycles. The minimum Gasteiger partial charge on any atom is -0.378 e. The van der Waals surface area contributed by atoms with E-state index in [1.807, 2.05) is 48.5 Å². The fraction of sp³-hybridized carbons (Fsp3) is 0.348. The summed E-state index contributed by atoms with van der Waals surface area (Å²) in [6.45, 7) is 2.76. The Kier molecular flexibility index (Phi) is 4.86. The number of amides is 4. The molecule has 0 bridgehead atoms. The Morgan fingerprint density at radius 1 is 1.06 bits per heavy atom. The fourth-order valence-corrected chi connectivity index (χ4v) is 4.65. The zero-order chi connectivity index (χ0) is 21.4. The maximum Gasteiger partial charge on any atom is 0.325 e. The van der Waals surface area contributed by atoms with Crippen LogP contribution in [0.2, 0.25) is 0 Å². The molecule has 2 aromatic rings. The van der Waals surface area contributed by atoms with Gasteiger partial charge in [-0.25, -0.2) is 4.79 Å². The molecule has 160 valence electrons. The third kappa shape index (κ3) is 3.42. The van der Waals surface area contributed by atoms with E-state index in [9.17, 15) is 14.4 Å². The van der Waals surface area contributed by atoms with Gasteiger partial charge in [-0.3, -0.25) is 14.5 Å². The van der Waals surface area contributed by atoms with Crippen molar-refractivity contribution >= 4 is 29.2 Å². The highest BCUT2D eigenvalue weighted by atomic mass is 16.5. The molecule has 2 fully saturated rings. The van der Waals surface area contributed by atoms with Gasteiger partial charge in [0.05, 0.1) is 13.2 Å². The van der Waals surface area contributed by atoms with Crippen LogP contribution >= 0.6 is 0 Å².